The number of nitrogens with one attached hydrogen (secondary N) is 1. The summed E-state index contributed by atoms with van der Waals surface area (Å²) in [4.78, 5) is 2.59. The molecule has 0 spiro atoms. The third-order valence-electron chi connectivity index (χ3n) is 4.25. The molecule has 0 radical (unpaired) electrons. The predicted octanol–water partition coefficient (Wildman–Crippen LogP) is 3.14. The fourth-order valence-corrected chi connectivity index (χ4v) is 3.05. The molecule has 1 aromatic carbocycles. The molecule has 0 amide bonds. The molecular formula is C17H28N2O. The maximum Gasteiger partial charge on any atom is 0.123 e. The molecule has 20 heavy (non-hydrogen) atoms. The van der Waals surface area contributed by atoms with Crippen molar-refractivity contribution in [2.45, 2.75) is 38.6 Å². The first-order chi connectivity index (χ1) is 9.74. The van der Waals surface area contributed by atoms with Crippen LogP contribution in [-0.2, 0) is 0 Å². The van der Waals surface area contributed by atoms with Gasteiger partial charge in [0.2, 0.25) is 0 Å². The van der Waals surface area contributed by atoms with Crippen LogP contribution in [0.4, 0.5) is 0 Å². The van der Waals surface area contributed by atoms with Gasteiger partial charge in [-0.05, 0) is 46.0 Å². The van der Waals surface area contributed by atoms with Gasteiger partial charge in [0.15, 0.2) is 0 Å². The molecule has 0 bridgehead atoms. The second-order valence-electron chi connectivity index (χ2n) is 5.80. The van der Waals surface area contributed by atoms with E-state index in [4.69, 9.17) is 4.74 Å². The maximum absolute atomic E-state index is 5.54. The molecule has 1 heterocycles. The molecule has 0 aliphatic carbocycles. The summed E-state index contributed by atoms with van der Waals surface area (Å²) in [6.07, 6.45) is 5.44. The highest BCUT2D eigenvalue weighted by atomic mass is 16.5. The number of hydrogen-bond donors (Lipinski definition) is 1. The van der Waals surface area contributed by atoms with Crippen molar-refractivity contribution in [3.63, 3.8) is 0 Å². The van der Waals surface area contributed by atoms with Gasteiger partial charge < -0.3 is 15.0 Å². The van der Waals surface area contributed by atoms with Crippen LogP contribution in [0.3, 0.4) is 0 Å². The summed E-state index contributed by atoms with van der Waals surface area (Å²) in [6.45, 7) is 5.66. The zero-order valence-corrected chi connectivity index (χ0v) is 13.1. The number of likely N-dealkylation sites (N-methyl/N-ethyl adjacent to an activating group) is 1. The van der Waals surface area contributed by atoms with Gasteiger partial charge in [-0.15, -0.1) is 0 Å². The number of nitrogens with zero attached hydrogens (tertiary/aromatic N) is 1. The Morgan fingerprint density at radius 2 is 1.90 bits per heavy atom. The zero-order valence-electron chi connectivity index (χ0n) is 13.1. The van der Waals surface area contributed by atoms with Crippen LogP contribution in [0.15, 0.2) is 18.2 Å². The summed E-state index contributed by atoms with van der Waals surface area (Å²) in [5, 5.41) is 3.47. The highest BCUT2D eigenvalue weighted by molar-refractivity contribution is 5.39. The standard InChI is InChI=1S/C17H28N2O/c1-14-8-9-17(20-3)15(12-14)16(18-2)13-19-10-6-4-5-7-11-19/h8-9,12,16,18H,4-7,10-11,13H2,1-3H3. The molecule has 0 saturated carbocycles. The van der Waals surface area contributed by atoms with Crippen molar-refractivity contribution in [3.8, 4) is 5.75 Å². The third-order valence-corrected chi connectivity index (χ3v) is 4.25. The van der Waals surface area contributed by atoms with Crippen LogP contribution in [-0.4, -0.2) is 38.7 Å². The number of rotatable bonds is 5. The summed E-state index contributed by atoms with van der Waals surface area (Å²) in [7, 11) is 3.80. The van der Waals surface area contributed by atoms with E-state index in [0.29, 0.717) is 6.04 Å². The first-order valence-corrected chi connectivity index (χ1v) is 7.78. The number of aryl methyl sites for hydroxylation is 1. The molecule has 112 valence electrons. The summed E-state index contributed by atoms with van der Waals surface area (Å²) >= 11 is 0. The van der Waals surface area contributed by atoms with Crippen LogP contribution in [0.2, 0.25) is 0 Å². The molecule has 1 aliphatic rings. The highest BCUT2D eigenvalue weighted by Gasteiger charge is 2.19. The highest BCUT2D eigenvalue weighted by Crippen LogP contribution is 2.27. The topological polar surface area (TPSA) is 24.5 Å². The third kappa shape index (κ3) is 3.97. The fraction of sp³-hybridized carbons (Fsp3) is 0.647. The molecular weight excluding hydrogens is 248 g/mol. The molecule has 3 heteroatoms. The molecule has 2 rings (SSSR count). The van der Waals surface area contributed by atoms with E-state index in [1.54, 1.807) is 7.11 Å². The lowest BCUT2D eigenvalue weighted by Gasteiger charge is -2.27. The monoisotopic (exact) mass is 276 g/mol. The Kier molecular flexibility index (Phi) is 5.86. The van der Waals surface area contributed by atoms with Crippen molar-refractivity contribution in [2.75, 3.05) is 33.8 Å². The largest absolute Gasteiger partial charge is 0.496 e. The van der Waals surface area contributed by atoms with Crippen molar-refractivity contribution in [3.05, 3.63) is 29.3 Å². The van der Waals surface area contributed by atoms with Crippen molar-refractivity contribution < 1.29 is 4.74 Å². The first-order valence-electron chi connectivity index (χ1n) is 7.78. The second kappa shape index (κ2) is 7.65. The molecule has 1 atom stereocenters. The van der Waals surface area contributed by atoms with Crippen LogP contribution in [0, 0.1) is 6.92 Å². The van der Waals surface area contributed by atoms with E-state index in [1.165, 1.54) is 49.9 Å². The van der Waals surface area contributed by atoms with Gasteiger partial charge in [0.1, 0.15) is 5.75 Å². The van der Waals surface area contributed by atoms with E-state index in [9.17, 15) is 0 Å². The Bertz CT molecular complexity index is 411. The molecule has 0 aromatic heterocycles. The minimum absolute atomic E-state index is 0.336. The summed E-state index contributed by atoms with van der Waals surface area (Å²) in [5.74, 6) is 0.991. The molecule has 1 saturated heterocycles. The van der Waals surface area contributed by atoms with Gasteiger partial charge in [0.25, 0.3) is 0 Å². The van der Waals surface area contributed by atoms with Crippen LogP contribution >= 0.6 is 0 Å². The Balaban J connectivity index is 2.12. The summed E-state index contributed by atoms with van der Waals surface area (Å²) in [5.41, 5.74) is 2.57. The van der Waals surface area contributed by atoms with Crippen LogP contribution < -0.4 is 10.1 Å². The van der Waals surface area contributed by atoms with E-state index in [1.807, 2.05) is 7.05 Å². The molecule has 1 aliphatic heterocycles. The van der Waals surface area contributed by atoms with Gasteiger partial charge in [-0.2, -0.15) is 0 Å². The van der Waals surface area contributed by atoms with Crippen LogP contribution in [0.25, 0.3) is 0 Å². The Labute approximate surface area is 123 Å². The normalized spacial score (nSPS) is 18.6. The van der Waals surface area contributed by atoms with Gasteiger partial charge in [-0.3, -0.25) is 0 Å². The van der Waals surface area contributed by atoms with Crippen LogP contribution in [0.5, 0.6) is 5.75 Å². The smallest absolute Gasteiger partial charge is 0.123 e. The minimum Gasteiger partial charge on any atom is -0.496 e. The number of likely N-dealkylation sites (tertiary alicyclic amines) is 1. The predicted molar refractivity (Wildman–Crippen MR) is 84.4 cm³/mol. The molecule has 1 unspecified atom stereocenters. The lowest BCUT2D eigenvalue weighted by atomic mass is 10.0. The van der Waals surface area contributed by atoms with Crippen molar-refractivity contribution in [2.24, 2.45) is 0 Å². The van der Waals surface area contributed by atoms with Gasteiger partial charge in [-0.1, -0.05) is 30.5 Å². The zero-order chi connectivity index (χ0) is 14.4. The van der Waals surface area contributed by atoms with Gasteiger partial charge >= 0.3 is 0 Å². The fourth-order valence-electron chi connectivity index (χ4n) is 3.05. The Morgan fingerprint density at radius 3 is 2.50 bits per heavy atom. The first kappa shape index (κ1) is 15.3. The van der Waals surface area contributed by atoms with E-state index in [0.717, 1.165) is 12.3 Å². The Morgan fingerprint density at radius 1 is 1.20 bits per heavy atom. The SMILES string of the molecule is CNC(CN1CCCCCC1)c1cc(C)ccc1OC. The molecule has 1 N–H and O–H groups in total. The summed E-state index contributed by atoms with van der Waals surface area (Å²) < 4.78 is 5.54. The molecule has 1 aromatic rings. The van der Waals surface area contributed by atoms with Crippen molar-refractivity contribution >= 4 is 0 Å². The quantitative estimate of drug-likeness (QED) is 0.894. The number of methoxy groups -OCH3 is 1. The number of benzene rings is 1. The van der Waals surface area contributed by atoms with Gasteiger partial charge in [0.05, 0.1) is 7.11 Å². The van der Waals surface area contributed by atoms with Gasteiger partial charge in [0, 0.05) is 18.2 Å². The maximum atomic E-state index is 5.54. The molecule has 1 fully saturated rings. The van der Waals surface area contributed by atoms with E-state index in [-0.39, 0.29) is 0 Å². The minimum atomic E-state index is 0.336. The lowest BCUT2D eigenvalue weighted by Crippen LogP contribution is -2.34. The van der Waals surface area contributed by atoms with E-state index < -0.39 is 0 Å². The number of hydrogen-bond acceptors (Lipinski definition) is 3. The van der Waals surface area contributed by atoms with Crippen molar-refractivity contribution in [1.82, 2.24) is 10.2 Å². The average molecular weight is 276 g/mol. The van der Waals surface area contributed by atoms with E-state index in [2.05, 4.69) is 35.3 Å². The van der Waals surface area contributed by atoms with Gasteiger partial charge in [-0.25, -0.2) is 0 Å². The van der Waals surface area contributed by atoms with Crippen molar-refractivity contribution in [1.29, 1.82) is 0 Å². The lowest BCUT2D eigenvalue weighted by molar-refractivity contribution is 0.253. The van der Waals surface area contributed by atoms with E-state index >= 15 is 0 Å². The molecule has 3 nitrogen and oxygen atoms in total. The summed E-state index contributed by atoms with van der Waals surface area (Å²) in [6, 6.07) is 6.78. The Hall–Kier alpha value is -1.06. The van der Waals surface area contributed by atoms with Crippen LogP contribution in [0.1, 0.15) is 42.9 Å². The second-order valence-corrected chi connectivity index (χ2v) is 5.80. The average Bonchev–Trinajstić information content (AvgIpc) is 2.73. The number of ether oxygens (including phenoxy) is 1.